The summed E-state index contributed by atoms with van der Waals surface area (Å²) >= 11 is 3.60. The highest BCUT2D eigenvalue weighted by molar-refractivity contribution is 9.10. The van der Waals surface area contributed by atoms with E-state index in [2.05, 4.69) is 85.5 Å². The topological polar surface area (TPSA) is 198 Å². The van der Waals surface area contributed by atoms with Crippen LogP contribution in [-0.4, -0.2) is 143 Å². The van der Waals surface area contributed by atoms with Crippen molar-refractivity contribution in [2.45, 2.75) is 64.1 Å². The standard InChI is InChI=1S/C50H58BrN12O6P/c1-5-30-25-39(56-50-54-27-36(51)46(58-50)55-38-9-8-37-44(53-16-15-52-37)45(38)70(3,4)68)42(69-2)26-41(30)60-18-13-33(14-19-60)59-20-22-61(23-21-59)48(66)31-12-17-62(28-31)34-6-7-35-32(24-34)29-63(49(35)67)40-10-11-43(64)57-47(40)65/h6-9,15-16,24-27,31,33,40H,5,10-14,17-23,28-29H2,1-4H3,(H,57,64,65)(H2,54,55,56,58). The van der Waals surface area contributed by atoms with Crippen LogP contribution in [0.2, 0.25) is 0 Å². The number of rotatable bonds is 12. The molecule has 2 unspecified atom stereocenters. The third-order valence-electron chi connectivity index (χ3n) is 14.5. The summed E-state index contributed by atoms with van der Waals surface area (Å²) in [5.74, 6) is 0.771. The number of nitrogens with one attached hydrogen (secondary N) is 3. The van der Waals surface area contributed by atoms with Gasteiger partial charge in [-0.2, -0.15) is 4.98 Å². The molecule has 5 aliphatic rings. The van der Waals surface area contributed by atoms with E-state index in [0.29, 0.717) is 75.1 Å². The second kappa shape index (κ2) is 19.6. The first-order chi connectivity index (χ1) is 33.8. The van der Waals surface area contributed by atoms with Crippen molar-refractivity contribution in [3.05, 3.63) is 82.2 Å². The number of carbonyl (C=O) groups excluding carboxylic acids is 4. The van der Waals surface area contributed by atoms with E-state index in [4.69, 9.17) is 9.72 Å². The van der Waals surface area contributed by atoms with E-state index in [1.165, 1.54) is 5.56 Å². The van der Waals surface area contributed by atoms with Crippen LogP contribution in [0.5, 0.6) is 5.75 Å². The molecule has 366 valence electrons. The van der Waals surface area contributed by atoms with Crippen LogP contribution in [-0.2, 0) is 31.9 Å². The van der Waals surface area contributed by atoms with Crippen molar-refractivity contribution in [3.8, 4) is 5.75 Å². The predicted octanol–water partition coefficient (Wildman–Crippen LogP) is 5.89. The van der Waals surface area contributed by atoms with Gasteiger partial charge in [-0.1, -0.05) is 6.92 Å². The second-order valence-corrected chi connectivity index (χ2v) is 23.2. The zero-order chi connectivity index (χ0) is 48.8. The van der Waals surface area contributed by atoms with Crippen molar-refractivity contribution >= 4 is 97.6 Å². The molecule has 2 atom stereocenters. The molecule has 4 amide bonds. The summed E-state index contributed by atoms with van der Waals surface area (Å²) in [4.78, 5) is 80.6. The van der Waals surface area contributed by atoms with E-state index in [1.807, 2.05) is 30.3 Å². The number of ether oxygens (including phenoxy) is 1. The number of hydrogen-bond donors (Lipinski definition) is 3. The molecule has 3 N–H and O–H groups in total. The van der Waals surface area contributed by atoms with Gasteiger partial charge in [-0.3, -0.25) is 39.4 Å². The van der Waals surface area contributed by atoms with Gasteiger partial charge in [0, 0.05) is 113 Å². The van der Waals surface area contributed by atoms with Crippen molar-refractivity contribution in [1.29, 1.82) is 0 Å². The number of methoxy groups -OCH3 is 1. The maximum Gasteiger partial charge on any atom is 0.255 e. The van der Waals surface area contributed by atoms with Crippen molar-refractivity contribution in [2.24, 2.45) is 5.92 Å². The van der Waals surface area contributed by atoms with Crippen LogP contribution in [0.3, 0.4) is 0 Å². The lowest BCUT2D eigenvalue weighted by atomic mass is 9.99. The highest BCUT2D eigenvalue weighted by atomic mass is 79.9. The first-order valence-corrected chi connectivity index (χ1v) is 27.5. The lowest BCUT2D eigenvalue weighted by Gasteiger charge is -2.44. The van der Waals surface area contributed by atoms with Crippen molar-refractivity contribution in [1.82, 2.24) is 40.0 Å². The summed E-state index contributed by atoms with van der Waals surface area (Å²) in [6, 6.07) is 13.5. The monoisotopic (exact) mass is 1030 g/mol. The number of hydrogen-bond acceptors (Lipinski definition) is 15. The van der Waals surface area contributed by atoms with Gasteiger partial charge in [-0.05, 0) is 109 Å². The molecule has 20 heteroatoms. The first kappa shape index (κ1) is 47.5. The summed E-state index contributed by atoms with van der Waals surface area (Å²) < 4.78 is 20.2. The van der Waals surface area contributed by atoms with Gasteiger partial charge in [0.15, 0.2) is 0 Å². The fraction of sp³-hybridized carbons (Fsp3) is 0.440. The third-order valence-corrected chi connectivity index (χ3v) is 16.6. The zero-order valence-corrected chi connectivity index (χ0v) is 42.4. The van der Waals surface area contributed by atoms with E-state index >= 15 is 0 Å². The lowest BCUT2D eigenvalue weighted by Crippen LogP contribution is -2.55. The largest absolute Gasteiger partial charge is 0.494 e. The Morgan fingerprint density at radius 3 is 2.40 bits per heavy atom. The van der Waals surface area contributed by atoms with Crippen molar-refractivity contribution in [2.75, 3.05) is 93.2 Å². The Morgan fingerprint density at radius 1 is 0.886 bits per heavy atom. The second-order valence-electron chi connectivity index (χ2n) is 19.2. The minimum absolute atomic E-state index is 0.0855. The number of piperazine rings is 1. The Hall–Kier alpha value is -6.17. The maximum atomic E-state index is 13.9. The number of fused-ring (bicyclic) bond motifs is 2. The highest BCUT2D eigenvalue weighted by Gasteiger charge is 2.40. The number of imide groups is 1. The smallest absolute Gasteiger partial charge is 0.255 e. The third kappa shape index (κ3) is 9.42. The molecule has 0 bridgehead atoms. The molecule has 4 saturated heterocycles. The van der Waals surface area contributed by atoms with Gasteiger partial charge >= 0.3 is 0 Å². The molecule has 0 aliphatic carbocycles. The zero-order valence-electron chi connectivity index (χ0n) is 39.9. The van der Waals surface area contributed by atoms with Crippen molar-refractivity contribution < 1.29 is 28.5 Å². The number of anilines is 6. The number of amides is 4. The number of piperidine rings is 2. The predicted molar refractivity (Wildman–Crippen MR) is 273 cm³/mol. The van der Waals surface area contributed by atoms with Crippen LogP contribution in [0.25, 0.3) is 11.0 Å². The number of halogens is 1. The Morgan fingerprint density at radius 2 is 1.66 bits per heavy atom. The number of nitrogens with zero attached hydrogens (tertiary/aromatic N) is 9. The van der Waals surface area contributed by atoms with E-state index in [9.17, 15) is 23.7 Å². The molecule has 70 heavy (non-hydrogen) atoms. The molecule has 7 heterocycles. The molecule has 2 aromatic heterocycles. The fourth-order valence-corrected chi connectivity index (χ4v) is 12.6. The highest BCUT2D eigenvalue weighted by Crippen LogP contribution is 2.42. The Bertz CT molecular complexity index is 2940. The molecule has 5 aliphatic heterocycles. The molecule has 4 fully saturated rings. The average molecular weight is 1030 g/mol. The quantitative estimate of drug-likeness (QED) is 0.0988. The van der Waals surface area contributed by atoms with Crippen LogP contribution >= 0.6 is 23.1 Å². The minimum atomic E-state index is -2.79. The van der Waals surface area contributed by atoms with Gasteiger partial charge in [-0.15, -0.1) is 0 Å². The molecule has 0 spiro atoms. The summed E-state index contributed by atoms with van der Waals surface area (Å²) in [6.07, 6.45) is 9.10. The van der Waals surface area contributed by atoms with Gasteiger partial charge in [0.05, 0.1) is 39.7 Å². The summed E-state index contributed by atoms with van der Waals surface area (Å²) in [5.41, 5.74) is 7.42. The van der Waals surface area contributed by atoms with Crippen LogP contribution in [0.1, 0.15) is 60.5 Å². The average Bonchev–Trinajstić information content (AvgIpc) is 3.99. The minimum Gasteiger partial charge on any atom is -0.494 e. The van der Waals surface area contributed by atoms with E-state index in [0.717, 1.165) is 94.1 Å². The van der Waals surface area contributed by atoms with Gasteiger partial charge in [-0.25, -0.2) is 4.98 Å². The molecular formula is C50H58BrN12O6P. The van der Waals surface area contributed by atoms with Crippen LogP contribution in [0, 0.1) is 5.92 Å². The normalized spacial score (nSPS) is 20.3. The number of aryl methyl sites for hydroxylation is 1. The molecule has 10 rings (SSSR count). The van der Waals surface area contributed by atoms with Gasteiger partial charge < -0.3 is 39.5 Å². The summed E-state index contributed by atoms with van der Waals surface area (Å²) in [7, 11) is -1.12. The van der Waals surface area contributed by atoms with Crippen LogP contribution < -0.4 is 35.8 Å². The molecule has 0 saturated carbocycles. The molecule has 3 aromatic carbocycles. The Labute approximate surface area is 415 Å². The lowest BCUT2D eigenvalue weighted by molar-refractivity contribution is -0.138. The van der Waals surface area contributed by atoms with Crippen molar-refractivity contribution in [3.63, 3.8) is 0 Å². The SMILES string of the molecule is CCc1cc(Nc2ncc(Br)c(Nc3ccc4nccnc4c3P(C)(C)=O)n2)c(OC)cc1N1CCC(N2CCN(C(=O)C3CCN(c4ccc5c(c4)CN(C4CCC(=O)NC4=O)C5=O)C3)CC2)CC1. The van der Waals surface area contributed by atoms with E-state index in [1.54, 1.807) is 43.9 Å². The van der Waals surface area contributed by atoms with Gasteiger partial charge in [0.1, 0.15) is 30.3 Å². The number of aromatic nitrogens is 4. The van der Waals surface area contributed by atoms with E-state index < -0.39 is 19.1 Å². The Balaban J connectivity index is 0.728. The number of benzene rings is 3. The molecular weight excluding hydrogens is 976 g/mol. The van der Waals surface area contributed by atoms with Gasteiger partial charge in [0.25, 0.3) is 5.91 Å². The first-order valence-electron chi connectivity index (χ1n) is 24.1. The maximum absolute atomic E-state index is 13.9. The van der Waals surface area contributed by atoms with Gasteiger partial charge in [0.2, 0.25) is 23.7 Å². The molecule has 5 aromatic rings. The Kier molecular flexibility index (Phi) is 13.3. The molecule has 0 radical (unpaired) electrons. The van der Waals surface area contributed by atoms with Crippen LogP contribution in [0.4, 0.5) is 34.5 Å². The summed E-state index contributed by atoms with van der Waals surface area (Å²) in [5, 5.41) is 9.75. The summed E-state index contributed by atoms with van der Waals surface area (Å²) in [6.45, 7) is 12.3. The van der Waals surface area contributed by atoms with Crippen LogP contribution in [0.15, 0.2) is 65.5 Å². The number of carbonyl (C=O) groups is 4. The fourth-order valence-electron chi connectivity index (χ4n) is 10.9. The van der Waals surface area contributed by atoms with E-state index in [-0.39, 0.29) is 30.1 Å². The molecule has 18 nitrogen and oxygen atoms in total.